The van der Waals surface area contributed by atoms with E-state index < -0.39 is 0 Å². The van der Waals surface area contributed by atoms with Gasteiger partial charge >= 0.3 is 0 Å². The van der Waals surface area contributed by atoms with Crippen molar-refractivity contribution in [3.63, 3.8) is 0 Å². The average Bonchev–Trinajstić information content (AvgIpc) is 2.73. The number of piperidine rings is 1. The normalized spacial score (nSPS) is 23.8. The molecule has 1 saturated heterocycles. The van der Waals surface area contributed by atoms with Crippen molar-refractivity contribution < 1.29 is 9.53 Å². The second-order valence-electron chi connectivity index (χ2n) is 5.39. The van der Waals surface area contributed by atoms with Crippen molar-refractivity contribution in [1.29, 1.82) is 0 Å². The Morgan fingerprint density at radius 1 is 1.33 bits per heavy atom. The van der Waals surface area contributed by atoms with E-state index in [1.807, 2.05) is 0 Å². The molecule has 0 bridgehead atoms. The summed E-state index contributed by atoms with van der Waals surface area (Å²) >= 11 is 0. The molecule has 18 heavy (non-hydrogen) atoms. The van der Waals surface area contributed by atoms with E-state index in [4.69, 9.17) is 4.74 Å². The first kappa shape index (κ1) is 11.7. The molecule has 2 heterocycles. The summed E-state index contributed by atoms with van der Waals surface area (Å²) in [4.78, 5) is 13.6. The van der Waals surface area contributed by atoms with E-state index in [0.717, 1.165) is 31.8 Å². The number of carbonyl (C=O) groups excluding carboxylic acids is 1. The van der Waals surface area contributed by atoms with Gasteiger partial charge in [0.1, 0.15) is 17.6 Å². The fourth-order valence-corrected chi connectivity index (χ4v) is 2.82. The average molecular weight is 245 g/mol. The zero-order valence-corrected chi connectivity index (χ0v) is 10.8. The molecule has 3 nitrogen and oxygen atoms in total. The van der Waals surface area contributed by atoms with Crippen LogP contribution in [0, 0.1) is 6.92 Å². The lowest BCUT2D eigenvalue weighted by Crippen LogP contribution is -2.40. The van der Waals surface area contributed by atoms with Crippen LogP contribution in [0.25, 0.3) is 0 Å². The van der Waals surface area contributed by atoms with E-state index in [1.54, 1.807) is 0 Å². The third-order valence-corrected chi connectivity index (χ3v) is 3.83. The number of benzene rings is 1. The number of ether oxygens (including phenoxy) is 1. The number of hydrogen-bond acceptors (Lipinski definition) is 3. The second-order valence-corrected chi connectivity index (χ2v) is 5.39. The third-order valence-electron chi connectivity index (χ3n) is 3.83. The van der Waals surface area contributed by atoms with E-state index in [0.29, 0.717) is 18.6 Å². The number of hydrogen-bond donors (Lipinski definition) is 0. The van der Waals surface area contributed by atoms with Crippen LogP contribution in [0.5, 0.6) is 5.75 Å². The van der Waals surface area contributed by atoms with Gasteiger partial charge in [0.2, 0.25) is 0 Å². The molecule has 0 aromatic heterocycles. The smallest absolute Gasteiger partial charge is 0.135 e. The van der Waals surface area contributed by atoms with Crippen LogP contribution < -0.4 is 4.74 Å². The Morgan fingerprint density at radius 3 is 2.89 bits per heavy atom. The van der Waals surface area contributed by atoms with Crippen LogP contribution in [0.1, 0.15) is 24.0 Å². The molecule has 96 valence electrons. The standard InChI is InChI=1S/C15H19NO2/c1-11-2-3-15-12(8-11)9-14(18-15)10-16-6-4-13(17)5-7-16/h2-3,8,14H,4-7,9-10H2,1H3. The number of likely N-dealkylation sites (tertiary alicyclic amines) is 1. The minimum atomic E-state index is 0.259. The first-order chi connectivity index (χ1) is 8.70. The maximum Gasteiger partial charge on any atom is 0.135 e. The minimum Gasteiger partial charge on any atom is -0.488 e. The van der Waals surface area contributed by atoms with E-state index in [9.17, 15) is 4.79 Å². The number of nitrogens with zero attached hydrogens (tertiary/aromatic N) is 1. The molecule has 2 aliphatic heterocycles. The van der Waals surface area contributed by atoms with Gasteiger partial charge in [-0.1, -0.05) is 17.7 Å². The van der Waals surface area contributed by atoms with Crippen LogP contribution in [0.2, 0.25) is 0 Å². The molecule has 2 aliphatic rings. The Balaban J connectivity index is 1.59. The molecule has 0 amide bonds. The highest BCUT2D eigenvalue weighted by Gasteiger charge is 2.26. The largest absolute Gasteiger partial charge is 0.488 e. The van der Waals surface area contributed by atoms with Crippen LogP contribution in [-0.2, 0) is 11.2 Å². The molecule has 1 unspecified atom stereocenters. The van der Waals surface area contributed by atoms with Gasteiger partial charge < -0.3 is 4.74 Å². The fourth-order valence-electron chi connectivity index (χ4n) is 2.82. The number of Topliss-reactive ketones (excluding diaryl/α,β-unsaturated/α-hetero) is 1. The van der Waals surface area contributed by atoms with Crippen molar-refractivity contribution in [3.05, 3.63) is 29.3 Å². The maximum atomic E-state index is 11.2. The minimum absolute atomic E-state index is 0.259. The Kier molecular flexibility index (Phi) is 3.08. The Labute approximate surface area is 108 Å². The highest BCUT2D eigenvalue weighted by atomic mass is 16.5. The van der Waals surface area contributed by atoms with Crippen LogP contribution >= 0.6 is 0 Å². The fraction of sp³-hybridized carbons (Fsp3) is 0.533. The van der Waals surface area contributed by atoms with Gasteiger partial charge in [-0.15, -0.1) is 0 Å². The van der Waals surface area contributed by atoms with Gasteiger partial charge in [-0.3, -0.25) is 9.69 Å². The molecule has 0 radical (unpaired) electrons. The van der Waals surface area contributed by atoms with Crippen molar-refractivity contribution in [3.8, 4) is 5.75 Å². The van der Waals surface area contributed by atoms with Gasteiger partial charge in [0, 0.05) is 38.9 Å². The summed E-state index contributed by atoms with van der Waals surface area (Å²) < 4.78 is 5.96. The molecule has 0 spiro atoms. The van der Waals surface area contributed by atoms with E-state index >= 15 is 0 Å². The van der Waals surface area contributed by atoms with Crippen LogP contribution in [0.3, 0.4) is 0 Å². The summed E-state index contributed by atoms with van der Waals surface area (Å²) in [7, 11) is 0. The number of aryl methyl sites for hydroxylation is 1. The quantitative estimate of drug-likeness (QED) is 0.797. The van der Waals surface area contributed by atoms with Crippen molar-refractivity contribution in [1.82, 2.24) is 4.90 Å². The molecule has 1 aromatic rings. The van der Waals surface area contributed by atoms with Crippen molar-refractivity contribution in [2.45, 2.75) is 32.3 Å². The monoisotopic (exact) mass is 245 g/mol. The topological polar surface area (TPSA) is 29.5 Å². The summed E-state index contributed by atoms with van der Waals surface area (Å²) in [6, 6.07) is 6.39. The van der Waals surface area contributed by atoms with Gasteiger partial charge in [-0.05, 0) is 18.6 Å². The van der Waals surface area contributed by atoms with Gasteiger partial charge in [0.05, 0.1) is 0 Å². The maximum absolute atomic E-state index is 11.2. The Bertz CT molecular complexity index is 460. The predicted octanol–water partition coefficient (Wildman–Crippen LogP) is 1.96. The number of rotatable bonds is 2. The zero-order valence-electron chi connectivity index (χ0n) is 10.8. The SMILES string of the molecule is Cc1ccc2c(c1)CC(CN1CCC(=O)CC1)O2. The summed E-state index contributed by atoms with van der Waals surface area (Å²) in [6.07, 6.45) is 2.67. The molecule has 1 aromatic carbocycles. The van der Waals surface area contributed by atoms with Gasteiger partial charge in [-0.25, -0.2) is 0 Å². The first-order valence-electron chi connectivity index (χ1n) is 6.71. The molecule has 3 heteroatoms. The van der Waals surface area contributed by atoms with Crippen molar-refractivity contribution in [2.75, 3.05) is 19.6 Å². The van der Waals surface area contributed by atoms with E-state index in [1.165, 1.54) is 11.1 Å². The van der Waals surface area contributed by atoms with Crippen LogP contribution in [0.4, 0.5) is 0 Å². The lowest BCUT2D eigenvalue weighted by atomic mass is 10.1. The molecule has 1 atom stereocenters. The molecule has 0 N–H and O–H groups in total. The molecule has 0 aliphatic carbocycles. The number of carbonyl (C=O) groups is 1. The van der Waals surface area contributed by atoms with Crippen LogP contribution in [0.15, 0.2) is 18.2 Å². The highest BCUT2D eigenvalue weighted by molar-refractivity contribution is 5.79. The number of fused-ring (bicyclic) bond motifs is 1. The molecular weight excluding hydrogens is 226 g/mol. The Morgan fingerprint density at radius 2 is 2.11 bits per heavy atom. The third kappa shape index (κ3) is 2.41. The van der Waals surface area contributed by atoms with Gasteiger partial charge in [0.25, 0.3) is 0 Å². The predicted molar refractivity (Wildman–Crippen MR) is 70.0 cm³/mol. The van der Waals surface area contributed by atoms with Crippen molar-refractivity contribution in [2.24, 2.45) is 0 Å². The van der Waals surface area contributed by atoms with E-state index in [-0.39, 0.29) is 6.10 Å². The zero-order chi connectivity index (χ0) is 12.5. The van der Waals surface area contributed by atoms with E-state index in [2.05, 4.69) is 30.0 Å². The highest BCUT2D eigenvalue weighted by Crippen LogP contribution is 2.30. The second kappa shape index (κ2) is 4.73. The summed E-state index contributed by atoms with van der Waals surface area (Å²) in [6.45, 7) is 4.85. The molecular formula is C15H19NO2. The van der Waals surface area contributed by atoms with Gasteiger partial charge in [0.15, 0.2) is 0 Å². The number of ketones is 1. The summed E-state index contributed by atoms with van der Waals surface area (Å²) in [5.74, 6) is 1.44. The van der Waals surface area contributed by atoms with Crippen LogP contribution in [-0.4, -0.2) is 36.4 Å². The lowest BCUT2D eigenvalue weighted by Gasteiger charge is -2.27. The summed E-state index contributed by atoms with van der Waals surface area (Å²) in [5, 5.41) is 0. The lowest BCUT2D eigenvalue weighted by molar-refractivity contribution is -0.121. The summed E-state index contributed by atoms with van der Waals surface area (Å²) in [5.41, 5.74) is 2.62. The van der Waals surface area contributed by atoms with Crippen molar-refractivity contribution >= 4 is 5.78 Å². The Hall–Kier alpha value is -1.35. The molecule has 0 saturated carbocycles. The molecule has 3 rings (SSSR count). The first-order valence-corrected chi connectivity index (χ1v) is 6.71. The van der Waals surface area contributed by atoms with Gasteiger partial charge in [-0.2, -0.15) is 0 Å². The molecule has 1 fully saturated rings.